The first-order chi connectivity index (χ1) is 6.00. The molecule has 4 N–H and O–H groups in total. The fraction of sp³-hybridized carbons (Fsp3) is 0.400. The molecule has 1 aromatic rings. The normalized spacial score (nSPS) is 31.7. The lowest BCUT2D eigenvalue weighted by Crippen LogP contribution is -2.18. The SMILES string of the molecule is C[C@]1(N)C[C@H]1c1ccc(O)c(O)c1. The van der Waals surface area contributed by atoms with Crippen LogP contribution in [0, 0.1) is 0 Å². The molecular weight excluding hydrogens is 166 g/mol. The van der Waals surface area contributed by atoms with Gasteiger partial charge in [-0.1, -0.05) is 6.07 Å². The molecule has 70 valence electrons. The maximum absolute atomic E-state index is 9.26. The number of nitrogens with two attached hydrogens (primary N) is 1. The Morgan fingerprint density at radius 2 is 2.00 bits per heavy atom. The molecule has 0 unspecified atom stereocenters. The molecule has 0 heterocycles. The molecule has 3 nitrogen and oxygen atoms in total. The molecule has 1 aromatic carbocycles. The van der Waals surface area contributed by atoms with Gasteiger partial charge in [0.1, 0.15) is 0 Å². The number of benzene rings is 1. The highest BCUT2D eigenvalue weighted by Gasteiger charge is 2.47. The van der Waals surface area contributed by atoms with Crippen LogP contribution in [0.25, 0.3) is 0 Å². The van der Waals surface area contributed by atoms with E-state index in [1.807, 2.05) is 6.92 Å². The van der Waals surface area contributed by atoms with Crippen molar-refractivity contribution in [1.29, 1.82) is 0 Å². The Morgan fingerprint density at radius 3 is 2.46 bits per heavy atom. The van der Waals surface area contributed by atoms with Gasteiger partial charge in [-0.25, -0.2) is 0 Å². The second-order valence-electron chi connectivity index (χ2n) is 4.01. The molecule has 1 fully saturated rings. The van der Waals surface area contributed by atoms with Gasteiger partial charge in [0.25, 0.3) is 0 Å². The summed E-state index contributed by atoms with van der Waals surface area (Å²) in [5, 5.41) is 18.4. The molecule has 0 aromatic heterocycles. The van der Waals surface area contributed by atoms with E-state index in [4.69, 9.17) is 10.8 Å². The van der Waals surface area contributed by atoms with Crippen LogP contribution < -0.4 is 5.73 Å². The van der Waals surface area contributed by atoms with Gasteiger partial charge in [0, 0.05) is 11.5 Å². The lowest BCUT2D eigenvalue weighted by atomic mass is 10.1. The second-order valence-corrected chi connectivity index (χ2v) is 4.01. The van der Waals surface area contributed by atoms with E-state index >= 15 is 0 Å². The standard InChI is InChI=1S/C10H13NO2/c1-10(11)5-7(10)6-2-3-8(12)9(13)4-6/h2-4,7,12-13H,5,11H2,1H3/t7-,10-/m0/s1. The quantitative estimate of drug-likeness (QED) is 0.569. The Balaban J connectivity index is 2.29. The van der Waals surface area contributed by atoms with E-state index in [1.165, 1.54) is 6.07 Å². The van der Waals surface area contributed by atoms with Crippen LogP contribution in [0.2, 0.25) is 0 Å². The zero-order valence-electron chi connectivity index (χ0n) is 7.49. The van der Waals surface area contributed by atoms with Crippen LogP contribution in [0.1, 0.15) is 24.8 Å². The predicted octanol–water partition coefficient (Wildman–Crippen LogP) is 1.30. The minimum atomic E-state index is -0.136. The van der Waals surface area contributed by atoms with Crippen molar-refractivity contribution < 1.29 is 10.2 Å². The Bertz CT molecular complexity index is 347. The fourth-order valence-electron chi connectivity index (χ4n) is 1.64. The van der Waals surface area contributed by atoms with Gasteiger partial charge in [-0.3, -0.25) is 0 Å². The number of hydrogen-bond donors (Lipinski definition) is 3. The molecule has 0 amide bonds. The average molecular weight is 179 g/mol. The van der Waals surface area contributed by atoms with Crippen molar-refractivity contribution in [3.63, 3.8) is 0 Å². The van der Waals surface area contributed by atoms with Crippen LogP contribution in [0.15, 0.2) is 18.2 Å². The van der Waals surface area contributed by atoms with Crippen LogP contribution in [0.3, 0.4) is 0 Å². The maximum Gasteiger partial charge on any atom is 0.157 e. The van der Waals surface area contributed by atoms with E-state index in [1.54, 1.807) is 12.1 Å². The monoisotopic (exact) mass is 179 g/mol. The minimum absolute atomic E-state index is 0.0693. The molecule has 0 radical (unpaired) electrons. The average Bonchev–Trinajstić information content (AvgIpc) is 2.66. The fourth-order valence-corrected chi connectivity index (χ4v) is 1.64. The van der Waals surface area contributed by atoms with Crippen molar-refractivity contribution in [2.45, 2.75) is 24.8 Å². The summed E-state index contributed by atoms with van der Waals surface area (Å²) >= 11 is 0. The van der Waals surface area contributed by atoms with E-state index in [2.05, 4.69) is 0 Å². The summed E-state index contributed by atoms with van der Waals surface area (Å²) in [5.74, 6) is 0.169. The van der Waals surface area contributed by atoms with Gasteiger partial charge < -0.3 is 15.9 Å². The molecular formula is C10H13NO2. The van der Waals surface area contributed by atoms with E-state index in [0.717, 1.165) is 12.0 Å². The topological polar surface area (TPSA) is 66.5 Å². The largest absolute Gasteiger partial charge is 0.504 e. The summed E-state index contributed by atoms with van der Waals surface area (Å²) in [6.45, 7) is 1.99. The van der Waals surface area contributed by atoms with Gasteiger partial charge in [0.05, 0.1) is 0 Å². The van der Waals surface area contributed by atoms with Crippen LogP contribution >= 0.6 is 0 Å². The van der Waals surface area contributed by atoms with Gasteiger partial charge in [0.15, 0.2) is 11.5 Å². The van der Waals surface area contributed by atoms with Gasteiger partial charge >= 0.3 is 0 Å². The van der Waals surface area contributed by atoms with E-state index in [9.17, 15) is 5.11 Å². The van der Waals surface area contributed by atoms with E-state index in [0.29, 0.717) is 5.92 Å². The first-order valence-corrected chi connectivity index (χ1v) is 4.31. The van der Waals surface area contributed by atoms with Crippen LogP contribution in [-0.4, -0.2) is 15.8 Å². The van der Waals surface area contributed by atoms with Gasteiger partial charge in [-0.05, 0) is 31.0 Å². The summed E-state index contributed by atoms with van der Waals surface area (Å²) in [7, 11) is 0. The Kier molecular flexibility index (Phi) is 1.54. The molecule has 1 saturated carbocycles. The van der Waals surface area contributed by atoms with Crippen LogP contribution in [0.5, 0.6) is 11.5 Å². The zero-order valence-corrected chi connectivity index (χ0v) is 7.49. The molecule has 2 atom stereocenters. The smallest absolute Gasteiger partial charge is 0.157 e. The molecule has 0 aliphatic heterocycles. The van der Waals surface area contributed by atoms with Crippen LogP contribution in [-0.2, 0) is 0 Å². The second kappa shape index (κ2) is 2.39. The van der Waals surface area contributed by atoms with Gasteiger partial charge in [-0.15, -0.1) is 0 Å². The number of hydrogen-bond acceptors (Lipinski definition) is 3. The van der Waals surface area contributed by atoms with Gasteiger partial charge in [0.2, 0.25) is 0 Å². The summed E-state index contributed by atoms with van der Waals surface area (Å²) in [6.07, 6.45) is 0.942. The van der Waals surface area contributed by atoms with Crippen molar-refractivity contribution in [3.8, 4) is 11.5 Å². The molecule has 3 heteroatoms. The third-order valence-corrected chi connectivity index (χ3v) is 2.68. The predicted molar refractivity (Wildman–Crippen MR) is 49.7 cm³/mol. The first-order valence-electron chi connectivity index (χ1n) is 4.31. The van der Waals surface area contributed by atoms with Crippen LogP contribution in [0.4, 0.5) is 0 Å². The highest BCUT2D eigenvalue weighted by Crippen LogP contribution is 2.50. The molecule has 1 aliphatic carbocycles. The number of phenolic OH excluding ortho intramolecular Hbond substituents is 2. The molecule has 0 saturated heterocycles. The summed E-state index contributed by atoms with van der Waals surface area (Å²) < 4.78 is 0. The van der Waals surface area contributed by atoms with Crippen molar-refractivity contribution in [3.05, 3.63) is 23.8 Å². The lowest BCUT2D eigenvalue weighted by molar-refractivity contribution is 0.403. The summed E-state index contributed by atoms with van der Waals surface area (Å²) in [4.78, 5) is 0. The van der Waals surface area contributed by atoms with Crippen molar-refractivity contribution in [2.75, 3.05) is 0 Å². The highest BCUT2D eigenvalue weighted by atomic mass is 16.3. The van der Waals surface area contributed by atoms with Gasteiger partial charge in [-0.2, -0.15) is 0 Å². The third-order valence-electron chi connectivity index (χ3n) is 2.68. The van der Waals surface area contributed by atoms with Crippen molar-refractivity contribution >= 4 is 0 Å². The summed E-state index contributed by atoms with van der Waals surface area (Å²) in [6, 6.07) is 4.88. The molecule has 0 bridgehead atoms. The Labute approximate surface area is 76.8 Å². The lowest BCUT2D eigenvalue weighted by Gasteiger charge is -2.05. The molecule has 0 spiro atoms. The van der Waals surface area contributed by atoms with E-state index < -0.39 is 0 Å². The van der Waals surface area contributed by atoms with Crippen molar-refractivity contribution in [1.82, 2.24) is 0 Å². The maximum atomic E-state index is 9.26. The van der Waals surface area contributed by atoms with Crippen molar-refractivity contribution in [2.24, 2.45) is 5.73 Å². The summed E-state index contributed by atoms with van der Waals surface area (Å²) in [5.41, 5.74) is 6.75. The molecule has 1 aliphatic rings. The number of aromatic hydroxyl groups is 2. The zero-order chi connectivity index (χ0) is 9.64. The van der Waals surface area contributed by atoms with E-state index in [-0.39, 0.29) is 17.0 Å². The number of phenols is 2. The third kappa shape index (κ3) is 1.35. The number of rotatable bonds is 1. The first kappa shape index (κ1) is 8.38. The minimum Gasteiger partial charge on any atom is -0.504 e. The molecule has 13 heavy (non-hydrogen) atoms. The Morgan fingerprint density at radius 1 is 1.38 bits per heavy atom. The molecule has 2 rings (SSSR count). The highest BCUT2D eigenvalue weighted by molar-refractivity contribution is 5.44. The Hall–Kier alpha value is -1.22.